The molecule has 0 atom stereocenters. The average Bonchev–Trinajstić information content (AvgIpc) is 2.78. The summed E-state index contributed by atoms with van der Waals surface area (Å²) in [5.74, 6) is 0.0265. The van der Waals surface area contributed by atoms with Crippen LogP contribution in [0, 0.1) is 0 Å². The second kappa shape index (κ2) is 11.0. The van der Waals surface area contributed by atoms with E-state index in [1.165, 1.54) is 0 Å². The fraction of sp³-hybridized carbons (Fsp3) is 0.321. The molecule has 32 heavy (non-hydrogen) atoms. The second-order valence-electron chi connectivity index (χ2n) is 9.02. The van der Waals surface area contributed by atoms with Crippen molar-refractivity contribution in [2.45, 2.75) is 45.3 Å². The number of hydrogen-bond donors (Lipinski definition) is 1. The zero-order valence-electron chi connectivity index (χ0n) is 19.2. The molecule has 1 N–H and O–H groups in total. The highest BCUT2D eigenvalue weighted by Gasteiger charge is 2.26. The molecule has 0 aliphatic carbocycles. The molecule has 0 bridgehead atoms. The van der Waals surface area contributed by atoms with Gasteiger partial charge in [0.25, 0.3) is 0 Å². The van der Waals surface area contributed by atoms with Crippen LogP contribution in [0.15, 0.2) is 84.9 Å². The Morgan fingerprint density at radius 1 is 0.844 bits per heavy atom. The maximum absolute atomic E-state index is 13.2. The summed E-state index contributed by atoms with van der Waals surface area (Å²) in [7, 11) is 0. The maximum Gasteiger partial charge on any atom is 0.410 e. The van der Waals surface area contributed by atoms with Gasteiger partial charge in [-0.15, -0.1) is 0 Å². The van der Waals surface area contributed by atoms with Crippen LogP contribution >= 0.6 is 0 Å². The summed E-state index contributed by atoms with van der Waals surface area (Å²) in [6.45, 7) is 6.74. The van der Waals surface area contributed by atoms with Gasteiger partial charge in [-0.25, -0.2) is 4.79 Å². The van der Waals surface area contributed by atoms with Crippen LogP contribution in [0.25, 0.3) is 0 Å². The summed E-state index contributed by atoms with van der Waals surface area (Å²) in [6.07, 6.45) is 0.300. The van der Waals surface area contributed by atoms with Crippen molar-refractivity contribution in [2.24, 2.45) is 0 Å². The zero-order valence-corrected chi connectivity index (χ0v) is 19.2. The lowest BCUT2D eigenvalue weighted by Gasteiger charge is -2.31. The molecule has 3 aromatic rings. The minimum atomic E-state index is -0.574. The van der Waals surface area contributed by atoms with E-state index in [2.05, 4.69) is 24.3 Å². The van der Waals surface area contributed by atoms with Crippen molar-refractivity contribution in [2.75, 3.05) is 13.2 Å². The molecule has 0 radical (unpaired) electrons. The Morgan fingerprint density at radius 3 is 1.81 bits per heavy atom. The quantitative estimate of drug-likeness (QED) is 0.491. The number of ether oxygens (including phenoxy) is 1. The number of carbonyl (C=O) groups is 1. The van der Waals surface area contributed by atoms with E-state index in [1.807, 2.05) is 81.4 Å². The fourth-order valence-electron chi connectivity index (χ4n) is 3.69. The van der Waals surface area contributed by atoms with Crippen molar-refractivity contribution in [3.8, 4) is 0 Å². The zero-order chi connectivity index (χ0) is 23.0. The van der Waals surface area contributed by atoms with Crippen LogP contribution in [0.1, 0.15) is 48.9 Å². The van der Waals surface area contributed by atoms with E-state index < -0.39 is 5.60 Å². The Kier molecular flexibility index (Phi) is 8.07. The standard InChI is InChI=1S/C28H33NO3/c1-28(2,3)32-27(31)29(20-23-16-14-22(15-17-23)18-19-30)21-26(24-10-6-4-7-11-24)25-12-8-5-9-13-25/h4-17,26,30H,18-21H2,1-3H3. The lowest BCUT2D eigenvalue weighted by atomic mass is 9.90. The SMILES string of the molecule is CC(C)(C)OC(=O)N(Cc1ccc(CCO)cc1)CC(c1ccccc1)c1ccccc1. The number of nitrogens with zero attached hydrogens (tertiary/aromatic N) is 1. The van der Waals surface area contributed by atoms with Crippen LogP contribution in [0.4, 0.5) is 4.79 Å². The Labute approximate surface area is 191 Å². The number of aliphatic hydroxyl groups excluding tert-OH is 1. The normalized spacial score (nSPS) is 11.4. The molecule has 1 amide bonds. The second-order valence-corrected chi connectivity index (χ2v) is 9.02. The summed E-state index contributed by atoms with van der Waals surface area (Å²) >= 11 is 0. The monoisotopic (exact) mass is 431 g/mol. The first kappa shape index (κ1) is 23.6. The van der Waals surface area contributed by atoms with E-state index in [-0.39, 0.29) is 18.6 Å². The summed E-state index contributed by atoms with van der Waals surface area (Å²) in [5, 5.41) is 9.16. The highest BCUT2D eigenvalue weighted by Crippen LogP contribution is 2.27. The van der Waals surface area contributed by atoms with Crippen molar-refractivity contribution >= 4 is 6.09 Å². The number of rotatable bonds is 8. The van der Waals surface area contributed by atoms with Crippen molar-refractivity contribution in [3.05, 3.63) is 107 Å². The Bertz CT molecular complexity index is 924. The molecular weight excluding hydrogens is 398 g/mol. The molecule has 0 heterocycles. The molecule has 0 spiro atoms. The van der Waals surface area contributed by atoms with Gasteiger partial charge >= 0.3 is 6.09 Å². The summed E-state index contributed by atoms with van der Waals surface area (Å²) in [5.41, 5.74) is 3.84. The van der Waals surface area contributed by atoms with Gasteiger partial charge in [0.15, 0.2) is 0 Å². The van der Waals surface area contributed by atoms with Gasteiger partial charge in [0.2, 0.25) is 0 Å². The lowest BCUT2D eigenvalue weighted by Crippen LogP contribution is -2.39. The number of aliphatic hydroxyl groups is 1. The molecule has 3 aromatic carbocycles. The molecule has 4 nitrogen and oxygen atoms in total. The van der Waals surface area contributed by atoms with Gasteiger partial charge in [-0.05, 0) is 49.4 Å². The van der Waals surface area contributed by atoms with E-state index in [0.717, 1.165) is 22.3 Å². The Hall–Kier alpha value is -3.11. The smallest absolute Gasteiger partial charge is 0.410 e. The third-order valence-electron chi connectivity index (χ3n) is 5.26. The fourth-order valence-corrected chi connectivity index (χ4v) is 3.69. The lowest BCUT2D eigenvalue weighted by molar-refractivity contribution is 0.0227. The molecule has 4 heteroatoms. The van der Waals surface area contributed by atoms with Crippen molar-refractivity contribution in [3.63, 3.8) is 0 Å². The third-order valence-corrected chi connectivity index (χ3v) is 5.26. The van der Waals surface area contributed by atoms with Gasteiger partial charge in [0, 0.05) is 25.6 Å². The molecule has 0 fully saturated rings. The van der Waals surface area contributed by atoms with Gasteiger partial charge in [0.1, 0.15) is 5.60 Å². The van der Waals surface area contributed by atoms with Crippen molar-refractivity contribution in [1.82, 2.24) is 4.90 Å². The number of benzene rings is 3. The number of amides is 1. The van der Waals surface area contributed by atoms with Gasteiger partial charge in [0.05, 0.1) is 0 Å². The van der Waals surface area contributed by atoms with Gasteiger partial charge < -0.3 is 14.7 Å². The highest BCUT2D eigenvalue weighted by atomic mass is 16.6. The van der Waals surface area contributed by atoms with Gasteiger partial charge in [-0.2, -0.15) is 0 Å². The summed E-state index contributed by atoms with van der Waals surface area (Å²) in [6, 6.07) is 28.6. The molecule has 0 saturated carbocycles. The van der Waals surface area contributed by atoms with Crippen molar-refractivity contribution in [1.29, 1.82) is 0 Å². The first-order valence-electron chi connectivity index (χ1n) is 11.1. The van der Waals surface area contributed by atoms with E-state index in [4.69, 9.17) is 9.84 Å². The predicted molar refractivity (Wildman–Crippen MR) is 129 cm³/mol. The minimum Gasteiger partial charge on any atom is -0.444 e. The average molecular weight is 432 g/mol. The molecule has 0 aliphatic heterocycles. The van der Waals surface area contributed by atoms with E-state index >= 15 is 0 Å². The molecule has 0 unspecified atom stereocenters. The highest BCUT2D eigenvalue weighted by molar-refractivity contribution is 5.68. The van der Waals surface area contributed by atoms with Gasteiger partial charge in [-0.1, -0.05) is 84.9 Å². The van der Waals surface area contributed by atoms with Crippen LogP contribution in [0.2, 0.25) is 0 Å². The molecule has 0 aromatic heterocycles. The Morgan fingerprint density at radius 2 is 1.34 bits per heavy atom. The van der Waals surface area contributed by atoms with E-state index in [0.29, 0.717) is 19.5 Å². The van der Waals surface area contributed by atoms with Gasteiger partial charge in [-0.3, -0.25) is 0 Å². The van der Waals surface area contributed by atoms with Crippen LogP contribution in [-0.2, 0) is 17.7 Å². The van der Waals surface area contributed by atoms with E-state index in [1.54, 1.807) is 4.90 Å². The van der Waals surface area contributed by atoms with Crippen LogP contribution in [-0.4, -0.2) is 34.9 Å². The third kappa shape index (κ3) is 6.96. The van der Waals surface area contributed by atoms with Crippen LogP contribution in [0.5, 0.6) is 0 Å². The molecule has 168 valence electrons. The predicted octanol–water partition coefficient (Wildman–Crippen LogP) is 5.79. The van der Waals surface area contributed by atoms with E-state index in [9.17, 15) is 4.79 Å². The summed E-state index contributed by atoms with van der Waals surface area (Å²) in [4.78, 5) is 15.0. The maximum atomic E-state index is 13.2. The molecule has 0 aliphatic rings. The molecule has 3 rings (SSSR count). The number of hydrogen-bond acceptors (Lipinski definition) is 3. The topological polar surface area (TPSA) is 49.8 Å². The largest absolute Gasteiger partial charge is 0.444 e. The minimum absolute atomic E-state index is 0.0265. The number of carbonyl (C=O) groups excluding carboxylic acids is 1. The molecular formula is C28H33NO3. The molecule has 0 saturated heterocycles. The first-order chi connectivity index (χ1) is 15.4. The summed E-state index contributed by atoms with van der Waals surface area (Å²) < 4.78 is 5.76. The van der Waals surface area contributed by atoms with Crippen molar-refractivity contribution < 1.29 is 14.6 Å². The van der Waals surface area contributed by atoms with Crippen LogP contribution < -0.4 is 0 Å². The first-order valence-corrected chi connectivity index (χ1v) is 11.1. The Balaban J connectivity index is 1.90. The van der Waals surface area contributed by atoms with Crippen LogP contribution in [0.3, 0.4) is 0 Å².